The van der Waals surface area contributed by atoms with Gasteiger partial charge in [0.1, 0.15) is 16.8 Å². The van der Waals surface area contributed by atoms with Crippen molar-refractivity contribution >= 4 is 34.4 Å². The van der Waals surface area contributed by atoms with E-state index in [1.807, 2.05) is 0 Å². The molecule has 8 heteroatoms. The van der Waals surface area contributed by atoms with Crippen LogP contribution in [0.3, 0.4) is 0 Å². The zero-order valence-corrected chi connectivity index (χ0v) is 15.6. The molecule has 1 aliphatic rings. The van der Waals surface area contributed by atoms with Gasteiger partial charge in [0.25, 0.3) is 0 Å². The molecular weight excluding hydrogens is 366 g/mol. The molecule has 27 heavy (non-hydrogen) atoms. The smallest absolute Gasteiger partial charge is 0.406 e. The van der Waals surface area contributed by atoms with E-state index < -0.39 is 6.09 Å². The number of anilines is 1. The Morgan fingerprint density at radius 2 is 2.37 bits per heavy atom. The number of carbonyl (C=O) groups excluding carboxylic acids is 2. The van der Waals surface area contributed by atoms with Gasteiger partial charge in [-0.3, -0.25) is 4.79 Å². The largest absolute Gasteiger partial charge is 0.465 e. The molecule has 0 saturated carbocycles. The van der Waals surface area contributed by atoms with Crippen molar-refractivity contribution in [3.8, 4) is 6.07 Å². The number of hydrogen-bond donors (Lipinski definition) is 2. The van der Waals surface area contributed by atoms with Crippen LogP contribution >= 0.6 is 11.3 Å². The SMILES string of the molecule is CNC(=O)OCC1CCc2c(sc(NC(=O)C=Cc3ccco3)c2C#N)C1. The molecule has 2 aromatic rings. The van der Waals surface area contributed by atoms with Gasteiger partial charge in [0.05, 0.1) is 18.4 Å². The van der Waals surface area contributed by atoms with Gasteiger partial charge in [-0.05, 0) is 49.0 Å². The number of fused-ring (bicyclic) bond motifs is 1. The highest BCUT2D eigenvalue weighted by molar-refractivity contribution is 7.16. The van der Waals surface area contributed by atoms with Gasteiger partial charge < -0.3 is 19.8 Å². The Morgan fingerprint density at radius 3 is 3.07 bits per heavy atom. The molecule has 0 aliphatic heterocycles. The normalized spacial score (nSPS) is 15.8. The number of rotatable bonds is 5. The summed E-state index contributed by atoms with van der Waals surface area (Å²) in [5.74, 6) is 0.471. The number of amides is 2. The van der Waals surface area contributed by atoms with Crippen LogP contribution in [0.15, 0.2) is 28.9 Å². The standard InChI is InChI=1S/C19H19N3O4S/c1-21-19(24)26-11-12-4-6-14-15(10-20)18(27-16(14)9-12)22-17(23)7-5-13-3-2-8-25-13/h2-3,5,7-8,12H,4,6,9,11H2,1H3,(H,21,24)(H,22,23). The minimum atomic E-state index is -0.444. The van der Waals surface area contributed by atoms with Crippen molar-refractivity contribution in [1.29, 1.82) is 5.26 Å². The number of hydrogen-bond acceptors (Lipinski definition) is 6. The van der Waals surface area contributed by atoms with E-state index in [0.717, 1.165) is 29.7 Å². The number of nitrogens with zero attached hydrogens (tertiary/aromatic N) is 1. The van der Waals surface area contributed by atoms with E-state index in [1.165, 1.54) is 30.7 Å². The van der Waals surface area contributed by atoms with Crippen LogP contribution in [0, 0.1) is 17.2 Å². The van der Waals surface area contributed by atoms with E-state index >= 15 is 0 Å². The summed E-state index contributed by atoms with van der Waals surface area (Å²) in [7, 11) is 1.52. The first-order valence-corrected chi connectivity index (χ1v) is 9.34. The van der Waals surface area contributed by atoms with Crippen molar-refractivity contribution in [3.63, 3.8) is 0 Å². The molecule has 3 rings (SSSR count). The summed E-state index contributed by atoms with van der Waals surface area (Å²) in [6, 6.07) is 5.70. The average molecular weight is 385 g/mol. The molecule has 0 fully saturated rings. The molecule has 140 valence electrons. The second kappa shape index (κ2) is 8.56. The Morgan fingerprint density at radius 1 is 1.52 bits per heavy atom. The van der Waals surface area contributed by atoms with E-state index in [1.54, 1.807) is 18.2 Å². The fourth-order valence-electron chi connectivity index (χ4n) is 2.97. The van der Waals surface area contributed by atoms with Crippen LogP contribution in [0.5, 0.6) is 0 Å². The van der Waals surface area contributed by atoms with Crippen LogP contribution in [-0.2, 0) is 22.4 Å². The van der Waals surface area contributed by atoms with Crippen molar-refractivity contribution < 1.29 is 18.7 Å². The average Bonchev–Trinajstić information content (AvgIpc) is 3.31. The lowest BCUT2D eigenvalue weighted by molar-refractivity contribution is -0.111. The minimum absolute atomic E-state index is 0.211. The summed E-state index contributed by atoms with van der Waals surface area (Å²) in [6.45, 7) is 0.340. The number of ether oxygens (including phenoxy) is 1. The monoisotopic (exact) mass is 385 g/mol. The molecule has 2 heterocycles. The Kier molecular flexibility index (Phi) is 5.94. The van der Waals surface area contributed by atoms with Gasteiger partial charge in [-0.15, -0.1) is 11.3 Å². The molecule has 0 radical (unpaired) electrons. The Bertz CT molecular complexity index is 893. The zero-order valence-electron chi connectivity index (χ0n) is 14.8. The first kappa shape index (κ1) is 18.7. The summed E-state index contributed by atoms with van der Waals surface area (Å²) in [5.41, 5.74) is 1.52. The maximum Gasteiger partial charge on any atom is 0.406 e. The summed E-state index contributed by atoms with van der Waals surface area (Å²) in [6.07, 6.45) is 6.32. The highest BCUT2D eigenvalue weighted by atomic mass is 32.1. The lowest BCUT2D eigenvalue weighted by Gasteiger charge is -2.21. The van der Waals surface area contributed by atoms with Gasteiger partial charge in [-0.1, -0.05) is 0 Å². The number of alkyl carbamates (subject to hydrolysis) is 1. The summed E-state index contributed by atoms with van der Waals surface area (Å²) in [5, 5.41) is 15.3. The third-order valence-electron chi connectivity index (χ3n) is 4.31. The summed E-state index contributed by atoms with van der Waals surface area (Å²) < 4.78 is 10.3. The Balaban J connectivity index is 1.68. The molecule has 2 amide bonds. The van der Waals surface area contributed by atoms with Crippen molar-refractivity contribution in [2.45, 2.75) is 19.3 Å². The highest BCUT2D eigenvalue weighted by Crippen LogP contribution is 2.39. The van der Waals surface area contributed by atoms with Gasteiger partial charge in [-0.2, -0.15) is 5.26 Å². The second-order valence-corrected chi connectivity index (χ2v) is 7.22. The van der Waals surface area contributed by atoms with Gasteiger partial charge in [0.15, 0.2) is 0 Å². The Labute approximate surface area is 160 Å². The summed E-state index contributed by atoms with van der Waals surface area (Å²) >= 11 is 1.41. The third-order valence-corrected chi connectivity index (χ3v) is 5.48. The van der Waals surface area contributed by atoms with Crippen LogP contribution in [0.1, 0.15) is 28.2 Å². The van der Waals surface area contributed by atoms with Gasteiger partial charge in [-0.25, -0.2) is 4.79 Å². The maximum absolute atomic E-state index is 12.2. The van der Waals surface area contributed by atoms with E-state index in [4.69, 9.17) is 9.15 Å². The van der Waals surface area contributed by atoms with Crippen LogP contribution in [0.25, 0.3) is 6.08 Å². The number of thiophene rings is 1. The Hall–Kier alpha value is -3.05. The number of carbonyl (C=O) groups is 2. The molecule has 2 aromatic heterocycles. The van der Waals surface area contributed by atoms with Crippen molar-refractivity contribution in [2.24, 2.45) is 5.92 Å². The number of nitrogens with one attached hydrogen (secondary N) is 2. The predicted octanol–water partition coefficient (Wildman–Crippen LogP) is 3.33. The molecule has 1 atom stereocenters. The van der Waals surface area contributed by atoms with Crippen molar-refractivity contribution in [3.05, 3.63) is 46.2 Å². The summed E-state index contributed by atoms with van der Waals surface area (Å²) in [4.78, 5) is 24.5. The molecule has 0 bridgehead atoms. The van der Waals surface area contributed by atoms with E-state index in [-0.39, 0.29) is 11.8 Å². The third kappa shape index (κ3) is 4.57. The van der Waals surface area contributed by atoms with E-state index in [2.05, 4.69) is 16.7 Å². The molecule has 2 N–H and O–H groups in total. The van der Waals surface area contributed by atoms with Crippen LogP contribution < -0.4 is 10.6 Å². The molecule has 1 aliphatic carbocycles. The molecule has 0 spiro atoms. The van der Waals surface area contributed by atoms with Gasteiger partial charge in [0.2, 0.25) is 5.91 Å². The molecule has 1 unspecified atom stereocenters. The second-order valence-electron chi connectivity index (χ2n) is 6.12. The molecule has 7 nitrogen and oxygen atoms in total. The molecule has 0 saturated heterocycles. The topological polar surface area (TPSA) is 104 Å². The number of nitriles is 1. The predicted molar refractivity (Wildman–Crippen MR) is 101 cm³/mol. The lowest BCUT2D eigenvalue weighted by atomic mass is 9.88. The van der Waals surface area contributed by atoms with Crippen LogP contribution in [-0.4, -0.2) is 25.7 Å². The van der Waals surface area contributed by atoms with E-state index in [9.17, 15) is 14.9 Å². The lowest BCUT2D eigenvalue weighted by Crippen LogP contribution is -2.25. The van der Waals surface area contributed by atoms with Gasteiger partial charge in [0, 0.05) is 18.0 Å². The highest BCUT2D eigenvalue weighted by Gasteiger charge is 2.27. The quantitative estimate of drug-likeness (QED) is 0.768. The first-order valence-electron chi connectivity index (χ1n) is 8.52. The fraction of sp³-hybridized carbons (Fsp3) is 0.316. The minimum Gasteiger partial charge on any atom is -0.465 e. The van der Waals surface area contributed by atoms with Crippen molar-refractivity contribution in [2.75, 3.05) is 19.0 Å². The molecule has 0 aromatic carbocycles. The number of furan rings is 1. The molecular formula is C19H19N3O4S. The van der Waals surface area contributed by atoms with E-state index in [0.29, 0.717) is 22.9 Å². The maximum atomic E-state index is 12.2. The zero-order chi connectivity index (χ0) is 19.2. The van der Waals surface area contributed by atoms with Crippen LogP contribution in [0.4, 0.5) is 9.80 Å². The fourth-order valence-corrected chi connectivity index (χ4v) is 4.28. The van der Waals surface area contributed by atoms with Gasteiger partial charge >= 0.3 is 6.09 Å². The van der Waals surface area contributed by atoms with Crippen molar-refractivity contribution in [1.82, 2.24) is 5.32 Å². The van der Waals surface area contributed by atoms with Crippen LogP contribution in [0.2, 0.25) is 0 Å². The first-order chi connectivity index (χ1) is 13.1.